The number of nitrogens with zero attached hydrogens (tertiary/aromatic N) is 2. The zero-order chi connectivity index (χ0) is 16.4. The van der Waals surface area contributed by atoms with Crippen molar-refractivity contribution in [1.29, 1.82) is 0 Å². The van der Waals surface area contributed by atoms with Crippen LogP contribution >= 0.6 is 0 Å². The van der Waals surface area contributed by atoms with E-state index in [2.05, 4.69) is 9.72 Å². The van der Waals surface area contributed by atoms with Crippen LogP contribution in [0.4, 0.5) is 0 Å². The van der Waals surface area contributed by atoms with Gasteiger partial charge in [0.25, 0.3) is 5.56 Å². The molecule has 2 heterocycles. The minimum absolute atomic E-state index is 0.137. The number of furan rings is 1. The third-order valence-corrected chi connectivity index (χ3v) is 3.31. The molecule has 0 unspecified atom stereocenters. The lowest BCUT2D eigenvalue weighted by Gasteiger charge is -2.03. The van der Waals surface area contributed by atoms with E-state index in [0.717, 1.165) is 0 Å². The molecule has 2 aromatic heterocycles. The quantitative estimate of drug-likeness (QED) is 0.484. The fraction of sp³-hybridized carbons (Fsp3) is 0.333. The number of carbonyl (C=O) groups excluding carboxylic acids is 2. The number of ether oxygens (including phenoxy) is 1. The van der Waals surface area contributed by atoms with Gasteiger partial charge in [0.2, 0.25) is 5.71 Å². The average Bonchev–Trinajstić information content (AvgIpc) is 2.82. The van der Waals surface area contributed by atoms with E-state index in [4.69, 9.17) is 4.42 Å². The zero-order valence-corrected chi connectivity index (χ0v) is 12.8. The number of fused-ring (bicyclic) bond motifs is 1. The molecule has 2 rings (SSSR count). The lowest BCUT2D eigenvalue weighted by atomic mass is 10.1. The van der Waals surface area contributed by atoms with Crippen molar-refractivity contribution in [2.45, 2.75) is 27.3 Å². The number of methoxy groups -OCH3 is 1. The minimum atomic E-state index is -0.467. The normalized spacial score (nSPS) is 11.7. The number of aromatic nitrogens is 2. The van der Waals surface area contributed by atoms with E-state index in [1.807, 2.05) is 0 Å². The summed E-state index contributed by atoms with van der Waals surface area (Å²) < 4.78 is 11.2. The second kappa shape index (κ2) is 5.97. The van der Waals surface area contributed by atoms with Crippen LogP contribution in [-0.2, 0) is 16.1 Å². The molecular formula is C15H16N2O5. The van der Waals surface area contributed by atoms with Gasteiger partial charge < -0.3 is 9.15 Å². The molecule has 0 saturated carbocycles. The maximum absolute atomic E-state index is 12.5. The van der Waals surface area contributed by atoms with Gasteiger partial charge in [0.15, 0.2) is 5.78 Å². The zero-order valence-electron chi connectivity index (χ0n) is 12.8. The predicted molar refractivity (Wildman–Crippen MR) is 78.8 cm³/mol. The summed E-state index contributed by atoms with van der Waals surface area (Å²) in [5.41, 5.74) is 0.374. The molecule has 116 valence electrons. The third-order valence-electron chi connectivity index (χ3n) is 3.31. The van der Waals surface area contributed by atoms with Crippen LogP contribution in [0.1, 0.15) is 30.0 Å². The first-order chi connectivity index (χ1) is 10.4. The number of esters is 1. The summed E-state index contributed by atoms with van der Waals surface area (Å²) in [6.45, 7) is 4.72. The number of hydrogen-bond acceptors (Lipinski definition) is 6. The predicted octanol–water partition coefficient (Wildman–Crippen LogP) is 1.62. The molecule has 0 radical (unpaired) electrons. The molecular weight excluding hydrogens is 288 g/mol. The van der Waals surface area contributed by atoms with E-state index in [-0.39, 0.29) is 34.6 Å². The fourth-order valence-corrected chi connectivity index (χ4v) is 2.17. The molecule has 0 aromatic carbocycles. The number of Topliss-reactive ketones (excluding diaryl/α,β-unsaturated/α-hetero) is 1. The summed E-state index contributed by atoms with van der Waals surface area (Å²) in [6, 6.07) is 0. The van der Waals surface area contributed by atoms with Gasteiger partial charge >= 0.3 is 5.97 Å². The molecule has 22 heavy (non-hydrogen) atoms. The minimum Gasteiger partial charge on any atom is -0.466 e. The lowest BCUT2D eigenvalue weighted by Crippen LogP contribution is -2.21. The van der Waals surface area contributed by atoms with Crippen LogP contribution in [-0.4, -0.2) is 28.4 Å². The Kier molecular flexibility index (Phi) is 4.25. The Balaban J connectivity index is 2.52. The summed E-state index contributed by atoms with van der Waals surface area (Å²) in [5.74, 6) is -0.356. The number of ketones is 1. The van der Waals surface area contributed by atoms with Gasteiger partial charge in [-0.2, -0.15) is 0 Å². The average molecular weight is 304 g/mol. The highest BCUT2D eigenvalue weighted by Gasteiger charge is 2.19. The molecule has 0 aliphatic carbocycles. The van der Waals surface area contributed by atoms with Crippen LogP contribution in [0.2, 0.25) is 0 Å². The van der Waals surface area contributed by atoms with Gasteiger partial charge in [0, 0.05) is 12.1 Å². The highest BCUT2D eigenvalue weighted by atomic mass is 16.5. The van der Waals surface area contributed by atoms with Gasteiger partial charge in [-0.05, 0) is 20.8 Å². The Morgan fingerprint density at radius 1 is 1.41 bits per heavy atom. The van der Waals surface area contributed by atoms with Crippen LogP contribution in [0.25, 0.3) is 11.1 Å². The van der Waals surface area contributed by atoms with Crippen LogP contribution < -0.4 is 5.56 Å². The van der Waals surface area contributed by atoms with Gasteiger partial charge in [-0.15, -0.1) is 0 Å². The highest BCUT2D eigenvalue weighted by molar-refractivity contribution is 6.06. The first-order valence-electron chi connectivity index (χ1n) is 6.61. The Morgan fingerprint density at radius 2 is 2.09 bits per heavy atom. The van der Waals surface area contributed by atoms with E-state index < -0.39 is 5.97 Å². The Morgan fingerprint density at radius 3 is 2.68 bits per heavy atom. The lowest BCUT2D eigenvalue weighted by molar-refractivity contribution is -0.136. The summed E-state index contributed by atoms with van der Waals surface area (Å²) in [7, 11) is 1.28. The molecule has 0 aliphatic rings. The largest absolute Gasteiger partial charge is 0.466 e. The monoisotopic (exact) mass is 304 g/mol. The summed E-state index contributed by atoms with van der Waals surface area (Å²) in [6.07, 6.45) is 2.87. The maximum atomic E-state index is 12.5. The SMILES string of the molecule is COC(=O)/C(C)=C/Cn1cnc2oc(C)c(C(C)=O)c2c1=O. The number of allylic oxidation sites excluding steroid dienone is 1. The smallest absolute Gasteiger partial charge is 0.333 e. The molecule has 7 nitrogen and oxygen atoms in total. The number of aryl methyl sites for hydroxylation is 1. The topological polar surface area (TPSA) is 91.4 Å². The molecule has 0 aliphatic heterocycles. The number of carbonyl (C=O) groups is 2. The van der Waals surface area contributed by atoms with Crippen molar-refractivity contribution < 1.29 is 18.7 Å². The standard InChI is InChI=1S/C15H16N2O5/c1-8(15(20)21-4)5-6-17-7-16-13-12(14(17)19)11(9(2)18)10(3)22-13/h5,7H,6H2,1-4H3/b8-5+. The molecule has 7 heteroatoms. The third kappa shape index (κ3) is 2.69. The van der Waals surface area contributed by atoms with Crippen molar-refractivity contribution in [2.75, 3.05) is 7.11 Å². The van der Waals surface area contributed by atoms with Crippen LogP contribution in [0.15, 0.2) is 27.2 Å². The van der Waals surface area contributed by atoms with Crippen LogP contribution in [0.5, 0.6) is 0 Å². The first-order valence-corrected chi connectivity index (χ1v) is 6.61. The Labute approximate surface area is 126 Å². The van der Waals surface area contributed by atoms with Crippen molar-refractivity contribution in [3.63, 3.8) is 0 Å². The van der Waals surface area contributed by atoms with Gasteiger partial charge in [-0.1, -0.05) is 6.08 Å². The summed E-state index contributed by atoms with van der Waals surface area (Å²) in [5, 5.41) is 0.164. The molecule has 0 atom stereocenters. The van der Waals surface area contributed by atoms with Crippen molar-refractivity contribution >= 4 is 22.9 Å². The van der Waals surface area contributed by atoms with Crippen molar-refractivity contribution in [2.24, 2.45) is 0 Å². The van der Waals surface area contributed by atoms with Gasteiger partial charge in [-0.3, -0.25) is 14.2 Å². The van der Waals surface area contributed by atoms with E-state index in [1.165, 1.54) is 24.9 Å². The second-order valence-electron chi connectivity index (χ2n) is 4.85. The van der Waals surface area contributed by atoms with E-state index in [1.54, 1.807) is 19.9 Å². The highest BCUT2D eigenvalue weighted by Crippen LogP contribution is 2.21. The molecule has 0 N–H and O–H groups in total. The number of hydrogen-bond donors (Lipinski definition) is 0. The Hall–Kier alpha value is -2.70. The van der Waals surface area contributed by atoms with Crippen molar-refractivity contribution in [1.82, 2.24) is 9.55 Å². The maximum Gasteiger partial charge on any atom is 0.333 e. The van der Waals surface area contributed by atoms with Crippen molar-refractivity contribution in [3.05, 3.63) is 39.7 Å². The van der Waals surface area contributed by atoms with E-state index in [0.29, 0.717) is 11.3 Å². The molecule has 0 amide bonds. The fourth-order valence-electron chi connectivity index (χ4n) is 2.17. The van der Waals surface area contributed by atoms with Gasteiger partial charge in [0.1, 0.15) is 17.5 Å². The Bertz CT molecular complexity index is 841. The number of rotatable bonds is 4. The summed E-state index contributed by atoms with van der Waals surface area (Å²) >= 11 is 0. The molecule has 2 aromatic rings. The van der Waals surface area contributed by atoms with Crippen LogP contribution in [0.3, 0.4) is 0 Å². The molecule has 0 fully saturated rings. The van der Waals surface area contributed by atoms with Gasteiger partial charge in [0.05, 0.1) is 12.7 Å². The van der Waals surface area contributed by atoms with Crippen molar-refractivity contribution in [3.8, 4) is 0 Å². The summed E-state index contributed by atoms with van der Waals surface area (Å²) in [4.78, 5) is 39.5. The molecule has 0 saturated heterocycles. The van der Waals surface area contributed by atoms with E-state index in [9.17, 15) is 14.4 Å². The molecule has 0 spiro atoms. The van der Waals surface area contributed by atoms with E-state index >= 15 is 0 Å². The van der Waals surface area contributed by atoms with Gasteiger partial charge in [-0.25, -0.2) is 9.78 Å². The first kappa shape index (κ1) is 15.7. The molecule has 0 bridgehead atoms. The second-order valence-corrected chi connectivity index (χ2v) is 4.85. The van der Waals surface area contributed by atoms with Crippen LogP contribution in [0, 0.1) is 6.92 Å².